The van der Waals surface area contributed by atoms with Gasteiger partial charge in [-0.3, -0.25) is 4.57 Å². The van der Waals surface area contributed by atoms with Crippen LogP contribution in [0.2, 0.25) is 0 Å². The molecule has 0 spiro atoms. The predicted molar refractivity (Wildman–Crippen MR) is 45.7 cm³/mol. The maximum absolute atomic E-state index is 10.9. The first-order chi connectivity index (χ1) is 6.91. The summed E-state index contributed by atoms with van der Waals surface area (Å²) in [6, 6.07) is 0. The van der Waals surface area contributed by atoms with Crippen LogP contribution in [0.1, 0.15) is 0 Å². The second kappa shape index (κ2) is 9.93. The van der Waals surface area contributed by atoms with E-state index in [0.717, 1.165) is 0 Å². The Hall–Kier alpha value is 0.950. The fourth-order valence-electron chi connectivity index (χ4n) is 0.497. The SMILES string of the molecule is O=P([O-])(OCC(O)CO)OC[C@@H](O)CO.[Na+]. The van der Waals surface area contributed by atoms with E-state index in [-0.39, 0.29) is 29.6 Å². The third-order valence-corrected chi connectivity index (χ3v) is 2.20. The van der Waals surface area contributed by atoms with E-state index < -0.39 is 46.5 Å². The first-order valence-corrected chi connectivity index (χ1v) is 5.55. The van der Waals surface area contributed by atoms with E-state index in [9.17, 15) is 9.46 Å². The molecule has 0 fully saturated rings. The van der Waals surface area contributed by atoms with Gasteiger partial charge in [-0.2, -0.15) is 0 Å². The maximum Gasteiger partial charge on any atom is 1.00 e. The van der Waals surface area contributed by atoms with Crippen molar-refractivity contribution in [2.75, 3.05) is 26.4 Å². The molecule has 0 aromatic rings. The maximum atomic E-state index is 10.9. The number of phosphoric ester groups is 1. The van der Waals surface area contributed by atoms with Crippen molar-refractivity contribution in [1.29, 1.82) is 0 Å². The molecular formula is C6H14NaO8P. The Kier molecular flexibility index (Phi) is 12.0. The molecule has 4 N–H and O–H groups in total. The third kappa shape index (κ3) is 10.1. The Labute approximate surface area is 115 Å². The molecule has 92 valence electrons. The summed E-state index contributed by atoms with van der Waals surface area (Å²) in [7, 11) is -4.62. The summed E-state index contributed by atoms with van der Waals surface area (Å²) < 4.78 is 19.2. The molecule has 0 aromatic carbocycles. The van der Waals surface area contributed by atoms with E-state index in [0.29, 0.717) is 0 Å². The number of aliphatic hydroxyl groups is 4. The number of hydrogen-bond donors (Lipinski definition) is 4. The molecule has 2 unspecified atom stereocenters. The third-order valence-electron chi connectivity index (χ3n) is 1.27. The molecule has 0 saturated carbocycles. The van der Waals surface area contributed by atoms with Gasteiger partial charge in [0.05, 0.1) is 26.4 Å². The second-order valence-electron chi connectivity index (χ2n) is 2.71. The molecule has 0 aliphatic rings. The molecule has 0 bridgehead atoms. The summed E-state index contributed by atoms with van der Waals surface area (Å²) in [6.45, 7) is -2.54. The van der Waals surface area contributed by atoms with Crippen LogP contribution >= 0.6 is 7.82 Å². The number of aliphatic hydroxyl groups excluding tert-OH is 4. The zero-order valence-electron chi connectivity index (χ0n) is 8.85. The molecule has 0 amide bonds. The molecular weight excluding hydrogens is 254 g/mol. The van der Waals surface area contributed by atoms with Gasteiger partial charge >= 0.3 is 29.6 Å². The molecule has 0 saturated heterocycles. The summed E-state index contributed by atoms with van der Waals surface area (Å²) in [5, 5.41) is 34.2. The van der Waals surface area contributed by atoms with Gasteiger partial charge in [-0.1, -0.05) is 0 Å². The summed E-state index contributed by atoms with van der Waals surface area (Å²) in [4.78, 5) is 10.9. The van der Waals surface area contributed by atoms with Crippen LogP contribution in [0, 0.1) is 0 Å². The minimum absolute atomic E-state index is 0. The van der Waals surface area contributed by atoms with Gasteiger partial charge in [-0.05, 0) is 0 Å². The number of rotatable bonds is 8. The van der Waals surface area contributed by atoms with Gasteiger partial charge in [0, 0.05) is 0 Å². The summed E-state index contributed by atoms with van der Waals surface area (Å²) in [5.41, 5.74) is 0. The van der Waals surface area contributed by atoms with E-state index in [1.54, 1.807) is 0 Å². The van der Waals surface area contributed by atoms with Crippen LogP contribution in [-0.4, -0.2) is 59.1 Å². The Morgan fingerprint density at radius 3 is 1.62 bits per heavy atom. The Morgan fingerprint density at radius 1 is 1.06 bits per heavy atom. The van der Waals surface area contributed by atoms with Crippen LogP contribution in [0.4, 0.5) is 0 Å². The van der Waals surface area contributed by atoms with Crippen LogP contribution in [0.25, 0.3) is 0 Å². The monoisotopic (exact) mass is 268 g/mol. The zero-order valence-corrected chi connectivity index (χ0v) is 11.7. The molecule has 8 nitrogen and oxygen atoms in total. The minimum atomic E-state index is -4.62. The van der Waals surface area contributed by atoms with Crippen molar-refractivity contribution >= 4 is 7.82 Å². The predicted octanol–water partition coefficient (Wildman–Crippen LogP) is -5.80. The number of hydrogen-bond acceptors (Lipinski definition) is 8. The van der Waals surface area contributed by atoms with Crippen LogP contribution in [-0.2, 0) is 13.6 Å². The minimum Gasteiger partial charge on any atom is -0.756 e. The summed E-state index contributed by atoms with van der Waals surface area (Å²) in [5.74, 6) is 0. The van der Waals surface area contributed by atoms with Gasteiger partial charge < -0.3 is 34.4 Å². The largest absolute Gasteiger partial charge is 1.00 e. The van der Waals surface area contributed by atoms with Crippen molar-refractivity contribution in [3.63, 3.8) is 0 Å². The number of phosphoric acid groups is 1. The Morgan fingerprint density at radius 2 is 1.38 bits per heavy atom. The first kappa shape index (κ1) is 19.3. The zero-order chi connectivity index (χ0) is 11.9. The van der Waals surface area contributed by atoms with Crippen molar-refractivity contribution in [3.8, 4) is 0 Å². The fourth-order valence-corrected chi connectivity index (χ4v) is 1.28. The molecule has 3 atom stereocenters. The molecule has 0 heterocycles. The van der Waals surface area contributed by atoms with Crippen molar-refractivity contribution in [1.82, 2.24) is 0 Å². The first-order valence-electron chi connectivity index (χ1n) is 4.09. The standard InChI is InChI=1S/C6H15O8P.Na/c7-1-5(9)3-13-15(11,12)14-4-6(10)2-8;/h5-10H,1-4H2,(H,11,12);/q;+1/p-1/t5-,6?;/m0./s1. The van der Waals surface area contributed by atoms with E-state index in [1.807, 2.05) is 0 Å². The molecule has 0 radical (unpaired) electrons. The van der Waals surface area contributed by atoms with Crippen LogP contribution in [0.15, 0.2) is 0 Å². The molecule has 0 aliphatic heterocycles. The average Bonchev–Trinajstić information content (AvgIpc) is 2.22. The van der Waals surface area contributed by atoms with Crippen LogP contribution in [0.3, 0.4) is 0 Å². The second-order valence-corrected chi connectivity index (χ2v) is 4.12. The molecule has 0 rings (SSSR count). The molecule has 0 aromatic heterocycles. The van der Waals surface area contributed by atoms with E-state index >= 15 is 0 Å². The topological polar surface area (TPSA) is 140 Å². The van der Waals surface area contributed by atoms with E-state index in [4.69, 9.17) is 20.4 Å². The van der Waals surface area contributed by atoms with Gasteiger partial charge in [0.15, 0.2) is 0 Å². The Bertz CT molecular complexity index is 197. The van der Waals surface area contributed by atoms with Crippen molar-refractivity contribution in [2.24, 2.45) is 0 Å². The average molecular weight is 268 g/mol. The van der Waals surface area contributed by atoms with Gasteiger partial charge in [0.1, 0.15) is 12.2 Å². The van der Waals surface area contributed by atoms with Crippen LogP contribution in [0.5, 0.6) is 0 Å². The summed E-state index contributed by atoms with van der Waals surface area (Å²) in [6.07, 6.45) is -2.64. The van der Waals surface area contributed by atoms with E-state index in [1.165, 1.54) is 0 Å². The van der Waals surface area contributed by atoms with Crippen LogP contribution < -0.4 is 34.5 Å². The smallest absolute Gasteiger partial charge is 0.756 e. The molecule has 10 heteroatoms. The Balaban J connectivity index is 0. The van der Waals surface area contributed by atoms with Crippen molar-refractivity contribution in [2.45, 2.75) is 12.2 Å². The van der Waals surface area contributed by atoms with Crippen molar-refractivity contribution < 1.29 is 68.5 Å². The van der Waals surface area contributed by atoms with Gasteiger partial charge in [0.25, 0.3) is 7.82 Å². The molecule has 0 aliphatic carbocycles. The van der Waals surface area contributed by atoms with Gasteiger partial charge in [-0.15, -0.1) is 0 Å². The summed E-state index contributed by atoms with van der Waals surface area (Å²) >= 11 is 0. The fraction of sp³-hybridized carbons (Fsp3) is 1.00. The van der Waals surface area contributed by atoms with Crippen molar-refractivity contribution in [3.05, 3.63) is 0 Å². The van der Waals surface area contributed by atoms with Gasteiger partial charge in [0.2, 0.25) is 0 Å². The van der Waals surface area contributed by atoms with Gasteiger partial charge in [-0.25, -0.2) is 0 Å². The molecule has 16 heavy (non-hydrogen) atoms. The normalized spacial score (nSPS) is 18.3. The quantitative estimate of drug-likeness (QED) is 0.252. The van der Waals surface area contributed by atoms with E-state index in [2.05, 4.69) is 9.05 Å².